The predicted octanol–water partition coefficient (Wildman–Crippen LogP) is 12.4. The molecule has 32 heteroatoms. The van der Waals surface area contributed by atoms with Gasteiger partial charge in [0.05, 0.1) is 47.3 Å². The lowest BCUT2D eigenvalue weighted by Crippen LogP contribution is -2.25. The Balaban J connectivity index is 0.000000479. The zero-order valence-electron chi connectivity index (χ0n) is 62.8. The van der Waals surface area contributed by atoms with Gasteiger partial charge in [0.2, 0.25) is 17.8 Å². The van der Waals surface area contributed by atoms with Gasteiger partial charge in [0.15, 0.2) is 0 Å². The average Bonchev–Trinajstić information content (AvgIpc) is 0.824. The molecule has 0 saturated heterocycles. The number of ether oxygens (including phenoxy) is 3. The number of hydrogen-bond donors (Lipinski definition) is 12. The lowest BCUT2D eigenvalue weighted by atomic mass is 10.0. The molecule has 6 rings (SSSR count). The van der Waals surface area contributed by atoms with Gasteiger partial charge in [-0.3, -0.25) is 14.2 Å². The largest absolute Gasteiger partial charge is 0.496 e. The Morgan fingerprint density at radius 1 is 0.490 bits per heavy atom. The number of nitrogens with one attached hydrogen (secondary N) is 5. The molecule has 0 atom stereocenters. The molecule has 0 spiro atoms. The molecule has 0 bridgehead atoms. The number of carbonyl (C=O) groups is 3. The van der Waals surface area contributed by atoms with Crippen molar-refractivity contribution in [3.63, 3.8) is 0 Å². The van der Waals surface area contributed by atoms with Gasteiger partial charge in [-0.2, -0.15) is 15.0 Å². The van der Waals surface area contributed by atoms with Crippen molar-refractivity contribution in [1.82, 2.24) is 40.5 Å². The number of anilines is 6. The number of methoxy groups -OCH3 is 3. The maximum atomic E-state index is 12.7. The average molecular weight is 1560 g/mol. The van der Waals surface area contributed by atoms with Crippen LogP contribution in [-0.4, -0.2) is 175 Å². The lowest BCUT2D eigenvalue weighted by molar-refractivity contribution is 0.0696. The van der Waals surface area contributed by atoms with Gasteiger partial charge >= 0.3 is 13.6 Å². The molecule has 3 heterocycles. The number of rotatable bonds is 35. The molecular weight excluding hydrogens is 1440 g/mol. The van der Waals surface area contributed by atoms with E-state index < -0.39 is 34.5 Å². The predicted molar refractivity (Wildman–Crippen MR) is 423 cm³/mol. The molecule has 0 aliphatic rings. The van der Waals surface area contributed by atoms with Crippen molar-refractivity contribution >= 4 is 96.9 Å². The van der Waals surface area contributed by atoms with Crippen LogP contribution in [0.2, 0.25) is 19.6 Å². The van der Waals surface area contributed by atoms with Gasteiger partial charge in [0, 0.05) is 109 Å². The number of halogens is 1. The Morgan fingerprint density at radius 3 is 1.05 bits per heavy atom. The molecular formula is C70H115BrN15O12P3Si. The summed E-state index contributed by atoms with van der Waals surface area (Å²) in [6, 6.07) is 15.3. The summed E-state index contributed by atoms with van der Waals surface area (Å²) in [6.45, 7) is 28.7. The van der Waals surface area contributed by atoms with Crippen LogP contribution >= 0.6 is 37.2 Å². The normalized spacial score (nSPS) is 11.2. The van der Waals surface area contributed by atoms with Crippen LogP contribution in [0.4, 0.5) is 35.3 Å². The minimum absolute atomic E-state index is 0.164. The second-order valence-electron chi connectivity index (χ2n) is 26.2. The summed E-state index contributed by atoms with van der Waals surface area (Å²) >= 11 is 3.51. The summed E-state index contributed by atoms with van der Waals surface area (Å²) in [5.74, 6) is 3.17. The standard InChI is InChI=1S/C23H36N5O3P.C21H32N5O5P.C18H24N4O3.C5H14NOP.C3H9BrSi/c1-6-7-11-25-21-19(16(2)27-23(24)28-21)15-18-14-17(9-10-20(18)31-3)22(29)26-12-8-13-32(4,5)30;1-4-5-9-23-19-17(14(2)25-21(22)26-19)13-16-12-15(7-8-18(16)31-3)20(27)24-10-6-11-32(28,29)30;1-4-5-8-20-16-14(11(2)21-18(19)22-16)10-13-9-12(17(23)24)6-7-15(13)25-3;1-8(2,7)5-3-4-6;1-5(2,3)4/h9-10,14H,6-8,11-13,15H2,1-5H3,(H,26,29)(H3,24,25,27,28);7-8,12H,4-6,9-11,13H2,1-3H3,(H,24,27)(H2,28,29,30)(H3,22,23,25,26);6-7,9H,4-5,8,10H2,1-3H3,(H,23,24)(H3,19,20,21,22);3-6H2,1-2H3;1-3H3. The van der Waals surface area contributed by atoms with Gasteiger partial charge in [-0.15, -0.1) is 15.3 Å². The topological polar surface area (TPSA) is 432 Å². The van der Waals surface area contributed by atoms with Crippen LogP contribution in [-0.2, 0) is 33.0 Å². The van der Waals surface area contributed by atoms with E-state index >= 15 is 0 Å². The number of aryl methyl sites for hydroxylation is 3. The van der Waals surface area contributed by atoms with E-state index in [1.807, 2.05) is 26.8 Å². The Kier molecular flexibility index (Phi) is 40.8. The number of hydrogen-bond acceptors (Lipinski definition) is 22. The molecule has 102 heavy (non-hydrogen) atoms. The number of carbonyl (C=O) groups excluding carboxylic acids is 2. The third-order valence-electron chi connectivity index (χ3n) is 14.8. The Hall–Kier alpha value is -7.22. The van der Waals surface area contributed by atoms with E-state index in [1.54, 1.807) is 90.5 Å². The number of nitrogen functional groups attached to an aromatic ring is 3. The molecule has 3 aromatic heterocycles. The maximum Gasteiger partial charge on any atom is 0.335 e. The Bertz CT molecular complexity index is 3620. The van der Waals surface area contributed by atoms with Crippen molar-refractivity contribution in [3.8, 4) is 17.2 Å². The molecule has 568 valence electrons. The van der Waals surface area contributed by atoms with E-state index in [1.165, 1.54) is 6.07 Å². The Labute approximate surface area is 613 Å². The number of nitrogens with zero attached hydrogens (tertiary/aromatic N) is 6. The van der Waals surface area contributed by atoms with Crippen LogP contribution in [0.25, 0.3) is 0 Å². The van der Waals surface area contributed by atoms with Gasteiger partial charge < -0.3 is 87.8 Å². The van der Waals surface area contributed by atoms with E-state index in [2.05, 4.69) is 112 Å². The highest BCUT2D eigenvalue weighted by atomic mass is 79.9. The van der Waals surface area contributed by atoms with Gasteiger partial charge in [-0.25, -0.2) is 19.7 Å². The zero-order chi connectivity index (χ0) is 77.0. The summed E-state index contributed by atoms with van der Waals surface area (Å²) in [6.07, 6.45) is 10.5. The van der Waals surface area contributed by atoms with E-state index in [9.17, 15) is 33.2 Å². The first kappa shape index (κ1) is 90.9. The number of aromatic carboxylic acids is 1. The van der Waals surface area contributed by atoms with E-state index in [0.29, 0.717) is 90.8 Å². The highest BCUT2D eigenvalue weighted by Gasteiger charge is 2.21. The number of nitrogens with two attached hydrogens (primary N) is 4. The van der Waals surface area contributed by atoms with E-state index in [0.717, 1.165) is 121 Å². The first-order valence-electron chi connectivity index (χ1n) is 34.2. The summed E-state index contributed by atoms with van der Waals surface area (Å²) < 4.78 is 50.1. The number of benzene rings is 3. The third kappa shape index (κ3) is 36.8. The molecule has 0 saturated carbocycles. The van der Waals surface area contributed by atoms with E-state index in [4.69, 9.17) is 46.9 Å². The number of carboxylic acid groups (broad SMARTS) is 1. The highest BCUT2D eigenvalue weighted by Crippen LogP contribution is 2.38. The van der Waals surface area contributed by atoms with Crippen molar-refractivity contribution in [2.45, 2.75) is 138 Å². The SMILES string of the molecule is CCCCNc1nc(N)nc(C)c1Cc1cc(C(=O)NCCCP(=O)(O)O)ccc1OC.CCCCNc1nc(N)nc(C)c1Cc1cc(C(=O)NCCCP(C)(C)=O)ccc1OC.CCCCNc1nc(N)nc(C)c1Cc1cc(C(=O)O)ccc1OC.CP(C)(=O)CCCN.C[Si](C)(C)Br. The molecule has 0 aliphatic carbocycles. The first-order chi connectivity index (χ1) is 47.8. The molecule has 2 amide bonds. The fourth-order valence-electron chi connectivity index (χ4n) is 9.64. The number of aromatic nitrogens is 6. The second kappa shape index (κ2) is 45.8. The zero-order valence-corrected chi connectivity index (χ0v) is 68.0. The van der Waals surface area contributed by atoms with Gasteiger partial charge in [-0.1, -0.05) is 59.7 Å². The van der Waals surface area contributed by atoms with Gasteiger partial charge in [0.25, 0.3) is 11.8 Å². The lowest BCUT2D eigenvalue weighted by Gasteiger charge is -2.16. The molecule has 27 nitrogen and oxygen atoms in total. The van der Waals surface area contributed by atoms with Crippen molar-refractivity contribution in [3.05, 3.63) is 122 Å². The quantitative estimate of drug-likeness (QED) is 0.00761. The van der Waals surface area contributed by atoms with Crippen LogP contribution in [0.15, 0.2) is 54.6 Å². The fourth-order valence-corrected chi connectivity index (χ4v) is 12.1. The summed E-state index contributed by atoms with van der Waals surface area (Å²) in [5, 5.41) is 24.8. The van der Waals surface area contributed by atoms with Crippen LogP contribution < -0.4 is 63.7 Å². The van der Waals surface area contributed by atoms with Crippen LogP contribution in [0.5, 0.6) is 17.2 Å². The van der Waals surface area contributed by atoms with Crippen LogP contribution in [0.1, 0.15) is 160 Å². The van der Waals surface area contributed by atoms with Crippen LogP contribution in [0, 0.1) is 20.8 Å². The Morgan fingerprint density at radius 2 is 0.784 bits per heavy atom. The summed E-state index contributed by atoms with van der Waals surface area (Å²) in [5.41, 5.74) is 31.3. The van der Waals surface area contributed by atoms with Crippen molar-refractivity contribution in [2.75, 3.05) is 139 Å². The molecule has 6 aromatic rings. The molecule has 0 fully saturated rings. The highest BCUT2D eigenvalue weighted by molar-refractivity contribution is 9.26. The number of amides is 2. The van der Waals surface area contributed by atoms with Gasteiger partial charge in [-0.05, 0) is 164 Å². The minimum Gasteiger partial charge on any atom is -0.496 e. The summed E-state index contributed by atoms with van der Waals surface area (Å²) in [7, 11) is -3.17. The maximum absolute atomic E-state index is 12.7. The van der Waals surface area contributed by atoms with E-state index in [-0.39, 0.29) is 54.4 Å². The van der Waals surface area contributed by atoms with Crippen molar-refractivity contribution in [1.29, 1.82) is 0 Å². The minimum atomic E-state index is -4.07. The monoisotopic (exact) mass is 1560 g/mol. The molecule has 3 aromatic carbocycles. The number of carboxylic acids is 1. The van der Waals surface area contributed by atoms with Crippen molar-refractivity contribution in [2.24, 2.45) is 5.73 Å². The summed E-state index contributed by atoms with van der Waals surface area (Å²) in [4.78, 5) is 80.2. The van der Waals surface area contributed by atoms with Crippen molar-refractivity contribution < 1.29 is 57.2 Å². The number of unbranched alkanes of at least 4 members (excludes halogenated alkanes) is 3. The third-order valence-corrected chi connectivity index (χ3v) is 18.5. The fraction of sp³-hybridized carbons (Fsp3) is 0.529. The van der Waals surface area contributed by atoms with Gasteiger partial charge in [0.1, 0.15) is 41.4 Å². The first-order valence-corrected chi connectivity index (χ1v) is 47.4. The molecule has 16 N–H and O–H groups in total. The molecule has 0 radical (unpaired) electrons. The molecule has 0 aliphatic heterocycles. The smallest absolute Gasteiger partial charge is 0.335 e. The second-order valence-corrected chi connectivity index (χ2v) is 46.4. The molecule has 0 unspecified atom stereocenters. The van der Waals surface area contributed by atoms with Crippen LogP contribution in [0.3, 0.4) is 0 Å².